The molecule has 0 radical (unpaired) electrons. The molecule has 0 aromatic heterocycles. The van der Waals surface area contributed by atoms with Crippen LogP contribution in [0.5, 0.6) is 0 Å². The second-order valence-electron chi connectivity index (χ2n) is 8.36. The molecule has 120 valence electrons. The van der Waals surface area contributed by atoms with Crippen LogP contribution in [0.25, 0.3) is 0 Å². The summed E-state index contributed by atoms with van der Waals surface area (Å²) in [6, 6.07) is 10.5. The van der Waals surface area contributed by atoms with E-state index in [-0.39, 0.29) is 12.4 Å². The van der Waals surface area contributed by atoms with Crippen LogP contribution in [0.3, 0.4) is 0 Å². The molecule has 4 rings (SSSR count). The number of ether oxygens (including phenoxy) is 2. The first-order chi connectivity index (χ1) is 10.4. The van der Waals surface area contributed by atoms with Crippen molar-refractivity contribution in [2.45, 2.75) is 65.5 Å². The smallest absolute Gasteiger partial charge is 0.159 e. The Bertz CT molecular complexity index is 552. The van der Waals surface area contributed by atoms with Crippen LogP contribution in [0.15, 0.2) is 30.3 Å². The summed E-state index contributed by atoms with van der Waals surface area (Å²) in [6.07, 6.45) is 4.23. The summed E-state index contributed by atoms with van der Waals surface area (Å²) in [7, 11) is 0. The molecule has 1 heterocycles. The normalized spacial score (nSPS) is 43.3. The van der Waals surface area contributed by atoms with E-state index >= 15 is 0 Å². The van der Waals surface area contributed by atoms with E-state index < -0.39 is 0 Å². The number of hydrogen-bond donors (Lipinski definition) is 0. The SMILES string of the molecule is CC(O[C@H]1C[C@@H]2[C@H]3CC[C@@](C)([C@@H]2O1)C3(C)C)c1ccccc1. The quantitative estimate of drug-likeness (QED) is 0.786. The summed E-state index contributed by atoms with van der Waals surface area (Å²) in [5, 5.41) is 0. The second-order valence-corrected chi connectivity index (χ2v) is 8.36. The van der Waals surface area contributed by atoms with Gasteiger partial charge in [0.2, 0.25) is 0 Å². The Morgan fingerprint density at radius 1 is 1.18 bits per heavy atom. The second kappa shape index (κ2) is 4.82. The lowest BCUT2D eigenvalue weighted by atomic mass is 9.70. The van der Waals surface area contributed by atoms with Crippen molar-refractivity contribution in [1.29, 1.82) is 0 Å². The molecule has 3 fully saturated rings. The van der Waals surface area contributed by atoms with Crippen LogP contribution in [0.4, 0.5) is 0 Å². The monoisotopic (exact) mass is 300 g/mol. The molecular formula is C20H28O2. The van der Waals surface area contributed by atoms with E-state index in [1.165, 1.54) is 18.4 Å². The molecule has 22 heavy (non-hydrogen) atoms. The van der Waals surface area contributed by atoms with Crippen LogP contribution in [0.1, 0.15) is 58.6 Å². The van der Waals surface area contributed by atoms with Crippen LogP contribution in [-0.2, 0) is 9.47 Å². The largest absolute Gasteiger partial charge is 0.349 e. The maximum Gasteiger partial charge on any atom is 0.159 e. The predicted molar refractivity (Wildman–Crippen MR) is 87.3 cm³/mol. The maximum atomic E-state index is 6.43. The van der Waals surface area contributed by atoms with Gasteiger partial charge in [0.1, 0.15) is 0 Å². The van der Waals surface area contributed by atoms with Crippen molar-refractivity contribution in [2.75, 3.05) is 0 Å². The van der Waals surface area contributed by atoms with Gasteiger partial charge in [0.05, 0.1) is 12.2 Å². The molecule has 2 saturated carbocycles. The molecule has 2 nitrogen and oxygen atoms in total. The van der Waals surface area contributed by atoms with Gasteiger partial charge in [0.15, 0.2) is 6.29 Å². The van der Waals surface area contributed by atoms with Crippen molar-refractivity contribution in [3.8, 4) is 0 Å². The minimum Gasteiger partial charge on any atom is -0.349 e. The molecular weight excluding hydrogens is 272 g/mol. The van der Waals surface area contributed by atoms with Gasteiger partial charge in [0, 0.05) is 6.42 Å². The van der Waals surface area contributed by atoms with Crippen LogP contribution in [0, 0.1) is 22.7 Å². The van der Waals surface area contributed by atoms with Crippen LogP contribution >= 0.6 is 0 Å². The zero-order valence-corrected chi connectivity index (χ0v) is 14.2. The lowest BCUT2D eigenvalue weighted by molar-refractivity contribution is -0.184. The zero-order chi connectivity index (χ0) is 15.5. The van der Waals surface area contributed by atoms with E-state index in [9.17, 15) is 0 Å². The third kappa shape index (κ3) is 1.86. The summed E-state index contributed by atoms with van der Waals surface area (Å²) < 4.78 is 12.7. The lowest BCUT2D eigenvalue weighted by Crippen LogP contribution is -2.38. The summed E-state index contributed by atoms with van der Waals surface area (Å²) in [6.45, 7) is 9.48. The minimum atomic E-state index is -0.0266. The third-order valence-corrected chi connectivity index (χ3v) is 7.30. The van der Waals surface area contributed by atoms with Gasteiger partial charge in [-0.25, -0.2) is 0 Å². The summed E-state index contributed by atoms with van der Waals surface area (Å²) >= 11 is 0. The molecule has 1 aromatic carbocycles. The summed E-state index contributed by atoms with van der Waals surface area (Å²) in [5.41, 5.74) is 1.98. The van der Waals surface area contributed by atoms with Crippen molar-refractivity contribution in [2.24, 2.45) is 22.7 Å². The van der Waals surface area contributed by atoms with Crippen molar-refractivity contribution < 1.29 is 9.47 Å². The Morgan fingerprint density at radius 2 is 1.91 bits per heavy atom. The summed E-state index contributed by atoms with van der Waals surface area (Å²) in [4.78, 5) is 0. The van der Waals surface area contributed by atoms with Crippen LogP contribution in [0.2, 0.25) is 0 Å². The molecule has 2 heteroatoms. The molecule has 1 aromatic rings. The Morgan fingerprint density at radius 3 is 2.59 bits per heavy atom. The number of benzene rings is 1. The molecule has 0 spiro atoms. The molecule has 1 saturated heterocycles. The van der Waals surface area contributed by atoms with E-state index in [0.717, 1.165) is 12.3 Å². The standard InChI is InChI=1S/C20H28O2/c1-13(14-8-6-5-7-9-14)21-17-12-15-16-10-11-20(4,18(15)22-17)19(16,2)3/h5-9,13,15-18H,10-12H2,1-4H3/t13?,15-,16-,17-,18-,20+/m1/s1. The first-order valence-corrected chi connectivity index (χ1v) is 8.79. The van der Waals surface area contributed by atoms with Gasteiger partial charge in [-0.2, -0.15) is 0 Å². The van der Waals surface area contributed by atoms with Gasteiger partial charge in [-0.15, -0.1) is 0 Å². The highest BCUT2D eigenvalue weighted by Crippen LogP contribution is 2.71. The molecule has 3 aliphatic rings. The highest BCUT2D eigenvalue weighted by molar-refractivity contribution is 5.18. The van der Waals surface area contributed by atoms with Gasteiger partial charge in [-0.1, -0.05) is 51.1 Å². The molecule has 1 unspecified atom stereocenters. The highest BCUT2D eigenvalue weighted by Gasteiger charge is 2.69. The average molecular weight is 300 g/mol. The molecule has 1 aliphatic heterocycles. The molecule has 2 aliphatic carbocycles. The topological polar surface area (TPSA) is 18.5 Å². The van der Waals surface area contributed by atoms with Gasteiger partial charge in [-0.05, 0) is 48.0 Å². The Balaban J connectivity index is 1.47. The van der Waals surface area contributed by atoms with Gasteiger partial charge < -0.3 is 9.47 Å². The molecule has 2 bridgehead atoms. The van der Waals surface area contributed by atoms with E-state index in [2.05, 4.69) is 52.0 Å². The van der Waals surface area contributed by atoms with Gasteiger partial charge in [0.25, 0.3) is 0 Å². The predicted octanol–water partition coefficient (Wildman–Crippen LogP) is 4.95. The number of fused-ring (bicyclic) bond motifs is 5. The van der Waals surface area contributed by atoms with E-state index in [1.54, 1.807) is 0 Å². The zero-order valence-electron chi connectivity index (χ0n) is 14.2. The van der Waals surface area contributed by atoms with Crippen molar-refractivity contribution >= 4 is 0 Å². The lowest BCUT2D eigenvalue weighted by Gasteiger charge is -2.38. The Hall–Kier alpha value is -0.860. The fraction of sp³-hybridized carbons (Fsp3) is 0.700. The fourth-order valence-electron chi connectivity index (χ4n) is 5.60. The number of hydrogen-bond acceptors (Lipinski definition) is 2. The van der Waals surface area contributed by atoms with E-state index in [1.807, 2.05) is 6.07 Å². The fourth-order valence-corrected chi connectivity index (χ4v) is 5.60. The summed E-state index contributed by atoms with van der Waals surface area (Å²) in [5.74, 6) is 1.50. The average Bonchev–Trinajstić information content (AvgIpc) is 3.05. The maximum absolute atomic E-state index is 6.43. The van der Waals surface area contributed by atoms with Crippen LogP contribution in [-0.4, -0.2) is 12.4 Å². The van der Waals surface area contributed by atoms with Gasteiger partial charge >= 0.3 is 0 Å². The van der Waals surface area contributed by atoms with E-state index in [0.29, 0.717) is 22.9 Å². The first-order valence-electron chi connectivity index (χ1n) is 8.79. The molecule has 6 atom stereocenters. The van der Waals surface area contributed by atoms with Gasteiger partial charge in [-0.3, -0.25) is 0 Å². The first kappa shape index (κ1) is 14.7. The Kier molecular flexibility index (Phi) is 3.22. The van der Waals surface area contributed by atoms with Crippen molar-refractivity contribution in [3.05, 3.63) is 35.9 Å². The van der Waals surface area contributed by atoms with Crippen molar-refractivity contribution in [3.63, 3.8) is 0 Å². The van der Waals surface area contributed by atoms with E-state index in [4.69, 9.17) is 9.47 Å². The third-order valence-electron chi connectivity index (χ3n) is 7.30. The minimum absolute atomic E-state index is 0.0266. The van der Waals surface area contributed by atoms with Crippen molar-refractivity contribution in [1.82, 2.24) is 0 Å². The molecule has 0 N–H and O–H groups in total. The number of rotatable bonds is 3. The molecule has 0 amide bonds. The highest BCUT2D eigenvalue weighted by atomic mass is 16.7. The Labute approximate surface area is 134 Å². The van der Waals surface area contributed by atoms with Crippen LogP contribution < -0.4 is 0 Å².